The van der Waals surface area contributed by atoms with Crippen molar-refractivity contribution in [3.8, 4) is 11.5 Å². The number of fused-ring (bicyclic) bond motifs is 1. The van der Waals surface area contributed by atoms with Gasteiger partial charge in [0.1, 0.15) is 6.61 Å². The number of benzene rings is 4. The van der Waals surface area contributed by atoms with Crippen molar-refractivity contribution in [2.45, 2.75) is 6.61 Å². The van der Waals surface area contributed by atoms with Crippen LogP contribution in [0.15, 0.2) is 114 Å². The highest BCUT2D eigenvalue weighted by Gasteiger charge is 2.32. The number of thioether (sulfide) groups is 1. The van der Waals surface area contributed by atoms with Gasteiger partial charge in [0.15, 0.2) is 16.7 Å². The Balaban J connectivity index is 1.38. The van der Waals surface area contributed by atoms with Crippen molar-refractivity contribution in [1.82, 2.24) is 4.90 Å². The van der Waals surface area contributed by atoms with Crippen LogP contribution in [0.1, 0.15) is 11.1 Å². The molecule has 0 unspecified atom stereocenters. The largest absolute Gasteiger partial charge is 0.493 e. The lowest BCUT2D eigenvalue weighted by atomic mass is 10.1. The molecule has 0 atom stereocenters. The van der Waals surface area contributed by atoms with Gasteiger partial charge in [0.2, 0.25) is 0 Å². The molecular formula is C31H26N2O3S. The molecule has 1 saturated heterocycles. The standard InChI is InChI=1S/C31H26N2O3S/c1-3-18-33-30(34)29(37-31(33)32-25-13-5-4-6-14-25)20-22-16-17-27(28(19-22)35-2)36-21-24-12-9-11-23-10-7-8-15-26(23)24/h3-17,19-20H,1,18,21H2,2H3. The zero-order valence-corrected chi connectivity index (χ0v) is 21.3. The maximum Gasteiger partial charge on any atom is 0.267 e. The van der Waals surface area contributed by atoms with E-state index in [-0.39, 0.29) is 5.91 Å². The van der Waals surface area contributed by atoms with Crippen molar-refractivity contribution in [2.24, 2.45) is 4.99 Å². The van der Waals surface area contributed by atoms with Gasteiger partial charge in [-0.2, -0.15) is 0 Å². The van der Waals surface area contributed by atoms with E-state index in [4.69, 9.17) is 9.47 Å². The first-order valence-electron chi connectivity index (χ1n) is 11.9. The van der Waals surface area contributed by atoms with E-state index in [0.29, 0.717) is 34.7 Å². The summed E-state index contributed by atoms with van der Waals surface area (Å²) in [6.45, 7) is 4.60. The lowest BCUT2D eigenvalue weighted by Crippen LogP contribution is -2.29. The van der Waals surface area contributed by atoms with E-state index in [1.807, 2.05) is 72.8 Å². The molecule has 5 nitrogen and oxygen atoms in total. The Hall–Kier alpha value is -4.29. The number of hydrogen-bond donors (Lipinski definition) is 0. The summed E-state index contributed by atoms with van der Waals surface area (Å²) in [6, 6.07) is 29.7. The van der Waals surface area contributed by atoms with Crippen LogP contribution in [-0.4, -0.2) is 29.6 Å². The summed E-state index contributed by atoms with van der Waals surface area (Å²) in [6.07, 6.45) is 3.56. The van der Waals surface area contributed by atoms with Crippen LogP contribution in [0.25, 0.3) is 16.8 Å². The van der Waals surface area contributed by atoms with Gasteiger partial charge in [-0.25, -0.2) is 4.99 Å². The number of para-hydroxylation sites is 1. The Morgan fingerprint density at radius 3 is 2.54 bits per heavy atom. The van der Waals surface area contributed by atoms with Gasteiger partial charge in [-0.1, -0.05) is 72.8 Å². The Morgan fingerprint density at radius 1 is 0.946 bits per heavy atom. The third-order valence-electron chi connectivity index (χ3n) is 5.93. The minimum Gasteiger partial charge on any atom is -0.493 e. The van der Waals surface area contributed by atoms with Gasteiger partial charge in [-0.05, 0) is 64.0 Å². The average molecular weight is 507 g/mol. The normalized spacial score (nSPS) is 15.5. The number of carbonyl (C=O) groups is 1. The summed E-state index contributed by atoms with van der Waals surface area (Å²) in [5.74, 6) is 1.14. The molecule has 1 amide bonds. The molecular weight excluding hydrogens is 480 g/mol. The third-order valence-corrected chi connectivity index (χ3v) is 6.94. The Kier molecular flexibility index (Phi) is 7.38. The molecule has 6 heteroatoms. The smallest absolute Gasteiger partial charge is 0.267 e. The molecule has 0 spiro atoms. The Bertz CT molecular complexity index is 1510. The highest BCUT2D eigenvalue weighted by atomic mass is 32.2. The quantitative estimate of drug-likeness (QED) is 0.187. The number of amidine groups is 1. The number of carbonyl (C=O) groups excluding carboxylic acids is 1. The van der Waals surface area contributed by atoms with Crippen LogP contribution in [-0.2, 0) is 11.4 Å². The van der Waals surface area contributed by atoms with Crippen LogP contribution in [0.5, 0.6) is 11.5 Å². The van der Waals surface area contributed by atoms with E-state index in [9.17, 15) is 4.79 Å². The summed E-state index contributed by atoms with van der Waals surface area (Å²) in [7, 11) is 1.61. The first-order chi connectivity index (χ1) is 18.2. The van der Waals surface area contributed by atoms with Crippen molar-refractivity contribution >= 4 is 45.4 Å². The number of aliphatic imine (C=N–C) groups is 1. The zero-order valence-electron chi connectivity index (χ0n) is 20.5. The van der Waals surface area contributed by atoms with Crippen LogP contribution in [0.3, 0.4) is 0 Å². The van der Waals surface area contributed by atoms with Crippen molar-refractivity contribution in [1.29, 1.82) is 0 Å². The summed E-state index contributed by atoms with van der Waals surface area (Å²) >= 11 is 1.35. The predicted octanol–water partition coefficient (Wildman–Crippen LogP) is 7.22. The van der Waals surface area contributed by atoms with E-state index >= 15 is 0 Å². The van der Waals surface area contributed by atoms with Gasteiger partial charge in [0, 0.05) is 6.54 Å². The zero-order chi connectivity index (χ0) is 25.6. The molecule has 1 heterocycles. The Morgan fingerprint density at radius 2 is 1.73 bits per heavy atom. The van der Waals surface area contributed by atoms with Gasteiger partial charge < -0.3 is 9.47 Å². The molecule has 37 heavy (non-hydrogen) atoms. The number of amides is 1. The van der Waals surface area contributed by atoms with Crippen LogP contribution >= 0.6 is 11.8 Å². The molecule has 1 aliphatic heterocycles. The number of methoxy groups -OCH3 is 1. The summed E-state index contributed by atoms with van der Waals surface area (Å²) < 4.78 is 11.8. The molecule has 0 aromatic heterocycles. The van der Waals surface area contributed by atoms with Gasteiger partial charge in [-0.3, -0.25) is 9.69 Å². The molecule has 0 saturated carbocycles. The van der Waals surface area contributed by atoms with E-state index in [2.05, 4.69) is 35.8 Å². The lowest BCUT2D eigenvalue weighted by molar-refractivity contribution is -0.121. The Labute approximate surface area is 220 Å². The van der Waals surface area contributed by atoms with Crippen LogP contribution < -0.4 is 9.47 Å². The van der Waals surface area contributed by atoms with Crippen LogP contribution in [0.4, 0.5) is 5.69 Å². The van der Waals surface area contributed by atoms with Crippen LogP contribution in [0.2, 0.25) is 0 Å². The molecule has 1 fully saturated rings. The first-order valence-corrected chi connectivity index (χ1v) is 12.7. The monoisotopic (exact) mass is 506 g/mol. The van der Waals surface area contributed by atoms with Gasteiger partial charge in [-0.15, -0.1) is 6.58 Å². The van der Waals surface area contributed by atoms with Crippen molar-refractivity contribution in [3.63, 3.8) is 0 Å². The molecule has 0 aliphatic carbocycles. The first kappa shape index (κ1) is 24.4. The fraction of sp³-hybridized carbons (Fsp3) is 0.0968. The van der Waals surface area contributed by atoms with E-state index in [1.165, 1.54) is 22.5 Å². The molecule has 184 valence electrons. The lowest BCUT2D eigenvalue weighted by Gasteiger charge is -2.13. The minimum atomic E-state index is -0.102. The average Bonchev–Trinajstić information content (AvgIpc) is 3.21. The van der Waals surface area contributed by atoms with Crippen molar-refractivity contribution < 1.29 is 14.3 Å². The topological polar surface area (TPSA) is 51.1 Å². The maximum atomic E-state index is 13.1. The highest BCUT2D eigenvalue weighted by molar-refractivity contribution is 8.18. The van der Waals surface area contributed by atoms with E-state index in [0.717, 1.165) is 16.8 Å². The fourth-order valence-corrected chi connectivity index (χ4v) is 5.12. The van der Waals surface area contributed by atoms with E-state index < -0.39 is 0 Å². The second-order valence-corrected chi connectivity index (χ2v) is 9.39. The highest BCUT2D eigenvalue weighted by Crippen LogP contribution is 2.36. The number of hydrogen-bond acceptors (Lipinski definition) is 5. The second-order valence-electron chi connectivity index (χ2n) is 8.38. The molecule has 5 rings (SSSR count). The van der Waals surface area contributed by atoms with Crippen molar-refractivity contribution in [2.75, 3.05) is 13.7 Å². The molecule has 0 radical (unpaired) electrons. The maximum absolute atomic E-state index is 13.1. The van der Waals surface area contributed by atoms with Gasteiger partial charge in [0.05, 0.1) is 17.7 Å². The molecule has 0 N–H and O–H groups in total. The summed E-state index contributed by atoms with van der Waals surface area (Å²) in [5.41, 5.74) is 2.74. The van der Waals surface area contributed by atoms with Crippen molar-refractivity contribution in [3.05, 3.63) is 120 Å². The number of rotatable bonds is 8. The second kappa shape index (κ2) is 11.2. The van der Waals surface area contributed by atoms with Gasteiger partial charge >= 0.3 is 0 Å². The summed E-state index contributed by atoms with van der Waals surface area (Å²) in [4.78, 5) is 20.0. The SMILES string of the molecule is C=CCN1C(=O)C(=Cc2ccc(OCc3cccc4ccccc34)c(OC)c2)SC1=Nc1ccccc1. The summed E-state index contributed by atoms with van der Waals surface area (Å²) in [5, 5.41) is 2.97. The predicted molar refractivity (Wildman–Crippen MR) is 152 cm³/mol. The molecule has 1 aliphatic rings. The van der Waals surface area contributed by atoms with Gasteiger partial charge in [0.25, 0.3) is 5.91 Å². The molecule has 4 aromatic rings. The van der Waals surface area contributed by atoms with E-state index in [1.54, 1.807) is 18.1 Å². The third kappa shape index (κ3) is 5.44. The number of nitrogens with zero attached hydrogens (tertiary/aromatic N) is 2. The van der Waals surface area contributed by atoms with Crippen LogP contribution in [0, 0.1) is 0 Å². The number of ether oxygens (including phenoxy) is 2. The molecule has 4 aromatic carbocycles. The fourth-order valence-electron chi connectivity index (χ4n) is 4.11. The minimum absolute atomic E-state index is 0.102. The molecule has 0 bridgehead atoms.